The molecule has 27 aromatic rings. The Morgan fingerprint density at radius 2 is 0.447 bits per heavy atom. The Balaban J connectivity index is 0.000000101. The van der Waals surface area contributed by atoms with Crippen LogP contribution in [0.4, 0.5) is 0 Å². The summed E-state index contributed by atoms with van der Waals surface area (Å²) in [6.45, 7) is 0. The van der Waals surface area contributed by atoms with Crippen LogP contribution in [0, 0.1) is 0 Å². The van der Waals surface area contributed by atoms with Crippen LogP contribution in [0.5, 0.6) is 0 Å². The van der Waals surface area contributed by atoms with Crippen LogP contribution in [0.25, 0.3) is 249 Å². The number of furan rings is 6. The first-order chi connectivity index (χ1) is 61.0. The third-order valence-corrected chi connectivity index (χ3v) is 24.7. The van der Waals surface area contributed by atoms with Gasteiger partial charge in [0.2, 0.25) is 0 Å². The van der Waals surface area contributed by atoms with Crippen LogP contribution in [-0.4, -0.2) is 13.7 Å². The van der Waals surface area contributed by atoms with E-state index in [0.717, 1.165) is 226 Å². The van der Waals surface area contributed by atoms with Gasteiger partial charge in [0, 0.05) is 87.3 Å². The van der Waals surface area contributed by atoms with Crippen LogP contribution in [0.15, 0.2) is 445 Å². The molecule has 0 fully saturated rings. The standard InChI is InChI=1S/3C38H23NO2/c1-2-9-27(10-3-1)39-33-15-6-4-12-31(33)38-36(39)32-23-26(21-22-35(32)41-38)24-17-19-25(20-18-24)28-13-8-14-30-29-11-5-7-16-34(29)40-37(28)30;1-2-9-27(10-3-1)39-32-14-6-4-11-29(32)38-37(39)31-22-21-26(23-35(31)41-38)24-17-19-25(20-18-24)28-13-8-16-34-36(28)30-12-5-7-15-33(30)40-34;1-2-8-28(9-3-1)39-33-12-6-4-11-30(33)38-37(39)31-20-18-27(23-36(31)41-38)25-16-14-24(15-17-25)26-19-21-35-32(22-26)29-10-5-7-13-34(29)40-35/h3*1-23H. The van der Waals surface area contributed by atoms with Crippen molar-refractivity contribution in [3.05, 3.63) is 419 Å². The highest BCUT2D eigenvalue weighted by molar-refractivity contribution is 6.21. The number of para-hydroxylation sites is 10. The maximum absolute atomic E-state index is 6.57. The first-order valence-electron chi connectivity index (χ1n) is 41.6. The lowest BCUT2D eigenvalue weighted by Crippen LogP contribution is -1.92. The molecule has 0 atom stereocenters. The Bertz CT molecular complexity index is 8850. The molecular weight excluding hydrogens is 1510 g/mol. The van der Waals surface area contributed by atoms with E-state index >= 15 is 0 Å². The summed E-state index contributed by atoms with van der Waals surface area (Å²) in [5, 5.41) is 13.6. The second kappa shape index (κ2) is 28.0. The highest BCUT2D eigenvalue weighted by atomic mass is 16.4. The van der Waals surface area contributed by atoms with E-state index in [2.05, 4.69) is 390 Å². The summed E-state index contributed by atoms with van der Waals surface area (Å²) in [7, 11) is 0. The summed E-state index contributed by atoms with van der Waals surface area (Å²) in [5.74, 6) is 0. The van der Waals surface area contributed by atoms with Gasteiger partial charge in [0.1, 0.15) is 66.8 Å². The van der Waals surface area contributed by atoms with Crippen molar-refractivity contribution in [3.8, 4) is 83.8 Å². The fourth-order valence-corrected chi connectivity index (χ4v) is 18.9. The topological polar surface area (TPSA) is 93.6 Å². The largest absolute Gasteiger partial charge is 0.456 e. The number of aromatic nitrogens is 3. The first-order valence-corrected chi connectivity index (χ1v) is 41.6. The zero-order valence-corrected chi connectivity index (χ0v) is 66.1. The van der Waals surface area contributed by atoms with Crippen LogP contribution in [0.2, 0.25) is 0 Å². The van der Waals surface area contributed by atoms with Gasteiger partial charge in [-0.05, 0) is 207 Å². The van der Waals surface area contributed by atoms with Crippen LogP contribution >= 0.6 is 0 Å². The Labute approximate surface area is 702 Å². The van der Waals surface area contributed by atoms with Gasteiger partial charge >= 0.3 is 0 Å². The smallest absolute Gasteiger partial charge is 0.161 e. The lowest BCUT2D eigenvalue weighted by atomic mass is 9.97. The molecule has 9 nitrogen and oxygen atoms in total. The number of fused-ring (bicyclic) bond motifs is 24. The fraction of sp³-hybridized carbons (Fsp3) is 0. The Kier molecular flexibility index (Phi) is 15.8. The second-order valence-corrected chi connectivity index (χ2v) is 31.6. The SMILES string of the molecule is c1ccc(-n2c3ccccc3c3oc4cc(-c5ccc(-c6ccc7oc8ccccc8c7c6)cc5)ccc4c32)cc1.c1ccc(-n2c3ccccc3c3oc4cc(-c5ccc(-c6cccc7oc8ccccc8c67)cc5)ccc4c32)cc1.c1ccc(-n2c3ccccc3c3oc4ccc(-c5ccc(-c6cccc7c6oc6ccccc67)cc5)cc4c32)cc1. The Hall–Kier alpha value is -16.6. The lowest BCUT2D eigenvalue weighted by molar-refractivity contribution is 0.668. The van der Waals surface area contributed by atoms with Gasteiger partial charge in [-0.1, -0.05) is 273 Å². The maximum atomic E-state index is 6.57. The summed E-state index contributed by atoms with van der Waals surface area (Å²) in [5.41, 5.74) is 34.9. The summed E-state index contributed by atoms with van der Waals surface area (Å²) >= 11 is 0. The molecule has 27 rings (SSSR count). The number of rotatable bonds is 9. The predicted octanol–water partition coefficient (Wildman–Crippen LogP) is 32.3. The molecule has 0 aliphatic rings. The third kappa shape index (κ3) is 11.3. The van der Waals surface area contributed by atoms with Gasteiger partial charge in [0.15, 0.2) is 16.7 Å². The van der Waals surface area contributed by atoms with Crippen molar-refractivity contribution >= 4 is 165 Å². The van der Waals surface area contributed by atoms with E-state index in [-0.39, 0.29) is 0 Å². The molecule has 123 heavy (non-hydrogen) atoms. The second-order valence-electron chi connectivity index (χ2n) is 31.6. The molecule has 576 valence electrons. The average Bonchev–Trinajstić information content (AvgIpc) is 1.57. The molecule has 9 heterocycles. The lowest BCUT2D eigenvalue weighted by Gasteiger charge is -2.08. The molecule has 0 saturated heterocycles. The molecule has 0 unspecified atom stereocenters. The van der Waals surface area contributed by atoms with E-state index in [1.807, 2.05) is 42.5 Å². The Morgan fingerprint density at radius 1 is 0.146 bits per heavy atom. The van der Waals surface area contributed by atoms with Crippen LogP contribution < -0.4 is 0 Å². The van der Waals surface area contributed by atoms with E-state index in [4.69, 9.17) is 26.5 Å². The number of benzene rings is 18. The quantitative estimate of drug-likeness (QED) is 0.143. The maximum Gasteiger partial charge on any atom is 0.161 e. The van der Waals surface area contributed by atoms with Gasteiger partial charge in [0.25, 0.3) is 0 Å². The minimum absolute atomic E-state index is 0.890. The zero-order valence-electron chi connectivity index (χ0n) is 66.1. The van der Waals surface area contributed by atoms with E-state index in [0.29, 0.717) is 0 Å². The van der Waals surface area contributed by atoms with Crippen molar-refractivity contribution < 1.29 is 26.5 Å². The number of nitrogens with zero attached hydrogens (tertiary/aromatic N) is 3. The highest BCUT2D eigenvalue weighted by Gasteiger charge is 2.25. The monoisotopic (exact) mass is 1580 g/mol. The van der Waals surface area contributed by atoms with Gasteiger partial charge in [-0.3, -0.25) is 0 Å². The molecular formula is C114H69N3O6. The minimum atomic E-state index is 0.890. The van der Waals surface area contributed by atoms with Crippen molar-refractivity contribution in [1.29, 1.82) is 0 Å². The van der Waals surface area contributed by atoms with Crippen LogP contribution in [0.1, 0.15) is 0 Å². The van der Waals surface area contributed by atoms with Gasteiger partial charge in [-0.2, -0.15) is 0 Å². The van der Waals surface area contributed by atoms with Crippen LogP contribution in [0.3, 0.4) is 0 Å². The van der Waals surface area contributed by atoms with Crippen LogP contribution in [-0.2, 0) is 0 Å². The van der Waals surface area contributed by atoms with E-state index in [1.165, 1.54) is 22.3 Å². The predicted molar refractivity (Wildman–Crippen MR) is 506 cm³/mol. The molecule has 9 aromatic heterocycles. The van der Waals surface area contributed by atoms with Crippen molar-refractivity contribution in [2.75, 3.05) is 0 Å². The van der Waals surface area contributed by atoms with E-state index in [9.17, 15) is 0 Å². The molecule has 0 aliphatic heterocycles. The normalized spacial score (nSPS) is 11.9. The first kappa shape index (κ1) is 69.5. The Morgan fingerprint density at radius 3 is 0.943 bits per heavy atom. The third-order valence-electron chi connectivity index (χ3n) is 24.7. The minimum Gasteiger partial charge on any atom is -0.456 e. The van der Waals surface area contributed by atoms with Gasteiger partial charge < -0.3 is 40.2 Å². The summed E-state index contributed by atoms with van der Waals surface area (Å²) in [6.07, 6.45) is 0. The number of hydrogen-bond acceptors (Lipinski definition) is 6. The van der Waals surface area contributed by atoms with Gasteiger partial charge in [-0.15, -0.1) is 0 Å². The van der Waals surface area contributed by atoms with Crippen molar-refractivity contribution in [2.24, 2.45) is 0 Å². The van der Waals surface area contributed by atoms with Gasteiger partial charge in [-0.25, -0.2) is 0 Å². The fourth-order valence-electron chi connectivity index (χ4n) is 18.9. The summed E-state index contributed by atoms with van der Waals surface area (Å²) in [4.78, 5) is 0. The van der Waals surface area contributed by atoms with E-state index in [1.54, 1.807) is 0 Å². The molecule has 18 aromatic carbocycles. The zero-order chi connectivity index (χ0) is 80.7. The molecule has 0 aliphatic carbocycles. The molecule has 0 N–H and O–H groups in total. The summed E-state index contributed by atoms with van der Waals surface area (Å²) < 4.78 is 45.0. The average molecular weight is 1580 g/mol. The van der Waals surface area contributed by atoms with E-state index < -0.39 is 0 Å². The molecule has 0 bridgehead atoms. The highest BCUT2D eigenvalue weighted by Crippen LogP contribution is 2.47. The molecule has 0 amide bonds. The molecule has 9 heteroatoms. The van der Waals surface area contributed by atoms with Crippen molar-refractivity contribution in [3.63, 3.8) is 0 Å². The van der Waals surface area contributed by atoms with Crippen molar-refractivity contribution in [2.45, 2.75) is 0 Å². The van der Waals surface area contributed by atoms with Crippen molar-refractivity contribution in [1.82, 2.24) is 13.7 Å². The summed E-state index contributed by atoms with van der Waals surface area (Å²) in [6, 6.07) is 147. The number of hydrogen-bond donors (Lipinski definition) is 0. The molecule has 0 radical (unpaired) electrons. The molecule has 0 spiro atoms. The van der Waals surface area contributed by atoms with Gasteiger partial charge in [0.05, 0.1) is 16.6 Å². The molecule has 0 saturated carbocycles.